The summed E-state index contributed by atoms with van der Waals surface area (Å²) in [7, 11) is 0. The number of nitrogen functional groups attached to an aromatic ring is 1. The predicted molar refractivity (Wildman–Crippen MR) is 73.4 cm³/mol. The van der Waals surface area contributed by atoms with Crippen molar-refractivity contribution in [3.8, 4) is 0 Å². The lowest BCUT2D eigenvalue weighted by molar-refractivity contribution is 0.511. The molecule has 1 atom stereocenters. The Morgan fingerprint density at radius 3 is 2.31 bits per heavy atom. The fourth-order valence-corrected chi connectivity index (χ4v) is 1.96. The number of nitrogens with one attached hydrogen (secondary N) is 1. The Morgan fingerprint density at radius 2 is 1.81 bits per heavy atom. The summed E-state index contributed by atoms with van der Waals surface area (Å²) in [6.45, 7) is 6.50. The minimum Gasteiger partial charge on any atom is -0.397 e. The normalized spacial score (nSPS) is 12.9. The van der Waals surface area contributed by atoms with Gasteiger partial charge >= 0.3 is 0 Å². The molecule has 0 fully saturated rings. The van der Waals surface area contributed by atoms with Crippen molar-refractivity contribution in [3.63, 3.8) is 0 Å². The Morgan fingerprint density at radius 1 is 1.25 bits per heavy atom. The highest BCUT2D eigenvalue weighted by Crippen LogP contribution is 2.31. The first kappa shape index (κ1) is 13.5. The highest BCUT2D eigenvalue weighted by molar-refractivity contribution is 6.42. The summed E-state index contributed by atoms with van der Waals surface area (Å²) in [5, 5.41) is 4.41. The zero-order chi connectivity index (χ0) is 12.3. The number of benzene rings is 1. The summed E-state index contributed by atoms with van der Waals surface area (Å²) in [5.74, 6) is 0.541. The van der Waals surface area contributed by atoms with Crippen LogP contribution >= 0.6 is 23.2 Å². The Hall–Kier alpha value is -0.600. The first-order valence-electron chi connectivity index (χ1n) is 5.46. The minimum atomic E-state index is 0.388. The maximum atomic E-state index is 5.96. The molecule has 2 nitrogen and oxygen atoms in total. The SMILES string of the molecule is CCC(Nc1cc(Cl)c(Cl)cc1N)C(C)C. The van der Waals surface area contributed by atoms with E-state index in [0.717, 1.165) is 12.1 Å². The van der Waals surface area contributed by atoms with Crippen LogP contribution in [0.1, 0.15) is 27.2 Å². The number of hydrogen-bond acceptors (Lipinski definition) is 2. The molecule has 0 radical (unpaired) electrons. The van der Waals surface area contributed by atoms with Crippen molar-refractivity contribution in [1.29, 1.82) is 0 Å². The van der Waals surface area contributed by atoms with Crippen molar-refractivity contribution in [2.45, 2.75) is 33.2 Å². The summed E-state index contributed by atoms with van der Waals surface area (Å²) in [6.07, 6.45) is 1.04. The van der Waals surface area contributed by atoms with Crippen molar-refractivity contribution < 1.29 is 0 Å². The number of nitrogens with two attached hydrogens (primary N) is 1. The summed E-state index contributed by atoms with van der Waals surface area (Å²) < 4.78 is 0. The van der Waals surface area contributed by atoms with E-state index in [2.05, 4.69) is 26.1 Å². The van der Waals surface area contributed by atoms with Gasteiger partial charge in [-0.05, 0) is 24.5 Å². The van der Waals surface area contributed by atoms with Crippen LogP contribution in [0.4, 0.5) is 11.4 Å². The Labute approximate surface area is 107 Å². The summed E-state index contributed by atoms with van der Waals surface area (Å²) >= 11 is 11.8. The Kier molecular flexibility index (Phi) is 4.75. The van der Waals surface area contributed by atoms with Gasteiger partial charge in [0, 0.05) is 6.04 Å². The van der Waals surface area contributed by atoms with Crippen LogP contribution in [0.5, 0.6) is 0 Å². The van der Waals surface area contributed by atoms with E-state index in [1.807, 2.05) is 0 Å². The third-order valence-corrected chi connectivity index (χ3v) is 3.40. The molecule has 90 valence electrons. The first-order valence-corrected chi connectivity index (χ1v) is 6.22. The molecule has 0 aliphatic rings. The van der Waals surface area contributed by atoms with Crippen LogP contribution in [0.25, 0.3) is 0 Å². The number of halogens is 2. The van der Waals surface area contributed by atoms with E-state index in [9.17, 15) is 0 Å². The summed E-state index contributed by atoms with van der Waals surface area (Å²) in [5.41, 5.74) is 7.38. The zero-order valence-corrected chi connectivity index (χ0v) is 11.4. The number of rotatable bonds is 4. The quantitative estimate of drug-likeness (QED) is 0.787. The summed E-state index contributed by atoms with van der Waals surface area (Å²) in [6, 6.07) is 3.85. The number of anilines is 2. The van der Waals surface area contributed by atoms with Crippen LogP contribution in [0.2, 0.25) is 10.0 Å². The molecule has 0 spiro atoms. The van der Waals surface area contributed by atoms with E-state index in [1.54, 1.807) is 12.1 Å². The smallest absolute Gasteiger partial charge is 0.0614 e. The molecule has 1 rings (SSSR count). The van der Waals surface area contributed by atoms with Crippen LogP contribution in [0.15, 0.2) is 12.1 Å². The van der Waals surface area contributed by atoms with Crippen LogP contribution in [-0.2, 0) is 0 Å². The number of hydrogen-bond donors (Lipinski definition) is 2. The van der Waals surface area contributed by atoms with E-state index in [1.165, 1.54) is 0 Å². The lowest BCUT2D eigenvalue weighted by atomic mass is 10.0. The van der Waals surface area contributed by atoms with Gasteiger partial charge in [-0.2, -0.15) is 0 Å². The average molecular weight is 261 g/mol. The molecule has 0 bridgehead atoms. The topological polar surface area (TPSA) is 38.0 Å². The first-order chi connectivity index (χ1) is 7.45. The third-order valence-electron chi connectivity index (χ3n) is 2.68. The molecular weight excluding hydrogens is 243 g/mol. The lowest BCUT2D eigenvalue weighted by Gasteiger charge is -2.23. The molecule has 1 aromatic rings. The zero-order valence-electron chi connectivity index (χ0n) is 9.85. The van der Waals surface area contributed by atoms with E-state index >= 15 is 0 Å². The summed E-state index contributed by atoms with van der Waals surface area (Å²) in [4.78, 5) is 0. The van der Waals surface area contributed by atoms with Crippen molar-refractivity contribution in [3.05, 3.63) is 22.2 Å². The van der Waals surface area contributed by atoms with Crippen molar-refractivity contribution in [2.24, 2.45) is 5.92 Å². The van der Waals surface area contributed by atoms with Crippen LogP contribution in [0, 0.1) is 5.92 Å². The molecule has 0 aliphatic heterocycles. The van der Waals surface area contributed by atoms with Crippen LogP contribution in [0.3, 0.4) is 0 Å². The van der Waals surface area contributed by atoms with Gasteiger partial charge in [0.2, 0.25) is 0 Å². The fourth-order valence-electron chi connectivity index (χ4n) is 1.63. The predicted octanol–water partition coefficient (Wildman–Crippen LogP) is 4.42. The fraction of sp³-hybridized carbons (Fsp3) is 0.500. The second kappa shape index (κ2) is 5.65. The van der Waals surface area contributed by atoms with Crippen molar-refractivity contribution in [2.75, 3.05) is 11.1 Å². The maximum absolute atomic E-state index is 5.96. The Bertz CT molecular complexity index is 364. The van der Waals surface area contributed by atoms with Gasteiger partial charge in [-0.15, -0.1) is 0 Å². The second-order valence-electron chi connectivity index (χ2n) is 4.26. The molecule has 1 aromatic carbocycles. The molecule has 0 saturated heterocycles. The highest BCUT2D eigenvalue weighted by Gasteiger charge is 2.13. The van der Waals surface area contributed by atoms with Gasteiger partial charge < -0.3 is 11.1 Å². The Balaban J connectivity index is 2.92. The third kappa shape index (κ3) is 3.19. The average Bonchev–Trinajstić information content (AvgIpc) is 2.21. The molecular formula is C12H18Cl2N2. The molecule has 0 aliphatic carbocycles. The molecule has 0 heterocycles. The van der Waals surface area contributed by atoms with Crippen molar-refractivity contribution >= 4 is 34.6 Å². The largest absolute Gasteiger partial charge is 0.397 e. The van der Waals surface area contributed by atoms with Crippen molar-refractivity contribution in [1.82, 2.24) is 0 Å². The van der Waals surface area contributed by atoms with E-state index in [4.69, 9.17) is 28.9 Å². The van der Waals surface area contributed by atoms with Gasteiger partial charge in [-0.3, -0.25) is 0 Å². The minimum absolute atomic E-state index is 0.388. The van der Waals surface area contributed by atoms with Gasteiger partial charge in [0.05, 0.1) is 21.4 Å². The molecule has 16 heavy (non-hydrogen) atoms. The van der Waals surface area contributed by atoms with E-state index in [-0.39, 0.29) is 0 Å². The van der Waals surface area contributed by atoms with Crippen LogP contribution < -0.4 is 11.1 Å². The standard InChI is InChI=1S/C12H18Cl2N2/c1-4-11(7(2)3)16-12-6-9(14)8(13)5-10(12)15/h5-7,11,16H,4,15H2,1-3H3. The maximum Gasteiger partial charge on any atom is 0.0614 e. The molecule has 1 unspecified atom stereocenters. The second-order valence-corrected chi connectivity index (χ2v) is 5.07. The van der Waals surface area contributed by atoms with Crippen LogP contribution in [-0.4, -0.2) is 6.04 Å². The van der Waals surface area contributed by atoms with Gasteiger partial charge in [0.25, 0.3) is 0 Å². The van der Waals surface area contributed by atoms with E-state index in [0.29, 0.717) is 27.7 Å². The molecule has 0 aromatic heterocycles. The van der Waals surface area contributed by atoms with Gasteiger partial charge in [0.15, 0.2) is 0 Å². The van der Waals surface area contributed by atoms with Gasteiger partial charge in [-0.1, -0.05) is 44.0 Å². The molecule has 3 N–H and O–H groups in total. The highest BCUT2D eigenvalue weighted by atomic mass is 35.5. The molecule has 0 amide bonds. The lowest BCUT2D eigenvalue weighted by Crippen LogP contribution is -2.25. The monoisotopic (exact) mass is 260 g/mol. The molecule has 4 heteroatoms. The van der Waals surface area contributed by atoms with E-state index < -0.39 is 0 Å². The van der Waals surface area contributed by atoms with Gasteiger partial charge in [0.1, 0.15) is 0 Å². The molecule has 0 saturated carbocycles. The van der Waals surface area contributed by atoms with Gasteiger partial charge in [-0.25, -0.2) is 0 Å².